The molecule has 1 aliphatic rings. The molecule has 0 aliphatic carbocycles. The van der Waals surface area contributed by atoms with Crippen molar-refractivity contribution in [3.63, 3.8) is 0 Å². The highest BCUT2D eigenvalue weighted by Gasteiger charge is 2.16. The first kappa shape index (κ1) is 14.7. The fourth-order valence-corrected chi connectivity index (χ4v) is 3.73. The number of benzene rings is 1. The zero-order valence-electron chi connectivity index (χ0n) is 12.0. The van der Waals surface area contributed by atoms with Gasteiger partial charge in [-0.15, -0.1) is 0 Å². The Morgan fingerprint density at radius 1 is 1.32 bits per heavy atom. The minimum atomic E-state index is 0.359. The summed E-state index contributed by atoms with van der Waals surface area (Å²) < 4.78 is 5.71. The van der Waals surface area contributed by atoms with Crippen molar-refractivity contribution in [3.05, 3.63) is 29.8 Å². The van der Waals surface area contributed by atoms with Crippen LogP contribution in [0.1, 0.15) is 38.3 Å². The Hall–Kier alpha value is -0.670. The highest BCUT2D eigenvalue weighted by Crippen LogP contribution is 2.26. The van der Waals surface area contributed by atoms with E-state index >= 15 is 0 Å². The van der Waals surface area contributed by atoms with Gasteiger partial charge < -0.3 is 10.1 Å². The third kappa shape index (κ3) is 4.43. The third-order valence-electron chi connectivity index (χ3n) is 3.74. The van der Waals surface area contributed by atoms with Crippen molar-refractivity contribution >= 4 is 11.8 Å². The van der Waals surface area contributed by atoms with Gasteiger partial charge in [0.25, 0.3) is 0 Å². The third-order valence-corrected chi connectivity index (χ3v) is 4.79. The number of hydrogen-bond acceptors (Lipinski definition) is 3. The topological polar surface area (TPSA) is 21.3 Å². The van der Waals surface area contributed by atoms with Gasteiger partial charge in [0.15, 0.2) is 0 Å². The summed E-state index contributed by atoms with van der Waals surface area (Å²) in [5.41, 5.74) is 1.27. The Morgan fingerprint density at radius 3 is 2.79 bits per heavy atom. The maximum atomic E-state index is 5.71. The molecule has 19 heavy (non-hydrogen) atoms. The lowest BCUT2D eigenvalue weighted by molar-refractivity contribution is 0.330. The van der Waals surface area contributed by atoms with Gasteiger partial charge in [0.2, 0.25) is 0 Å². The van der Waals surface area contributed by atoms with Crippen LogP contribution in [0.15, 0.2) is 24.3 Å². The van der Waals surface area contributed by atoms with Gasteiger partial charge in [-0.05, 0) is 56.7 Å². The van der Waals surface area contributed by atoms with Crippen LogP contribution in [-0.4, -0.2) is 24.7 Å². The van der Waals surface area contributed by atoms with Gasteiger partial charge in [-0.2, -0.15) is 11.8 Å². The van der Waals surface area contributed by atoms with E-state index in [1.807, 2.05) is 13.0 Å². The lowest BCUT2D eigenvalue weighted by Gasteiger charge is -2.24. The van der Waals surface area contributed by atoms with Crippen LogP contribution in [0.4, 0.5) is 0 Å². The maximum absolute atomic E-state index is 5.71. The molecule has 0 saturated carbocycles. The fourth-order valence-electron chi connectivity index (χ4n) is 2.53. The van der Waals surface area contributed by atoms with E-state index in [4.69, 9.17) is 4.74 Å². The SMILES string of the molecule is CCOc1ccccc1C(C)NCC1CCSCC1. The lowest BCUT2D eigenvalue weighted by Crippen LogP contribution is -2.28. The summed E-state index contributed by atoms with van der Waals surface area (Å²) in [6.07, 6.45) is 2.72. The predicted octanol–water partition coefficient (Wildman–Crippen LogP) is 3.88. The number of ether oxygens (including phenoxy) is 1. The number of para-hydroxylation sites is 1. The molecule has 0 amide bonds. The molecule has 1 heterocycles. The van der Waals surface area contributed by atoms with Crippen molar-refractivity contribution in [1.82, 2.24) is 5.32 Å². The number of thioether (sulfide) groups is 1. The molecule has 1 atom stereocenters. The largest absolute Gasteiger partial charge is 0.494 e. The molecule has 0 spiro atoms. The monoisotopic (exact) mass is 279 g/mol. The Kier molecular flexibility index (Phi) is 6.05. The molecule has 106 valence electrons. The van der Waals surface area contributed by atoms with Crippen molar-refractivity contribution < 1.29 is 4.74 Å². The van der Waals surface area contributed by atoms with Gasteiger partial charge in [-0.3, -0.25) is 0 Å². The normalized spacial score (nSPS) is 18.2. The molecular formula is C16H25NOS. The maximum Gasteiger partial charge on any atom is 0.124 e. The molecule has 3 heteroatoms. The van der Waals surface area contributed by atoms with Crippen LogP contribution in [0.3, 0.4) is 0 Å². The average molecular weight is 279 g/mol. The first-order valence-electron chi connectivity index (χ1n) is 7.34. The van der Waals surface area contributed by atoms with Gasteiger partial charge in [0, 0.05) is 11.6 Å². The second kappa shape index (κ2) is 7.81. The Labute approximate surface area is 121 Å². The molecule has 0 aromatic heterocycles. The molecule has 2 nitrogen and oxygen atoms in total. The quantitative estimate of drug-likeness (QED) is 0.854. The molecule has 1 saturated heterocycles. The van der Waals surface area contributed by atoms with Gasteiger partial charge in [0.05, 0.1) is 6.61 Å². The summed E-state index contributed by atoms with van der Waals surface area (Å²) in [4.78, 5) is 0. The first-order chi connectivity index (χ1) is 9.31. The molecule has 1 aliphatic heterocycles. The van der Waals surface area contributed by atoms with Crippen LogP contribution in [0.5, 0.6) is 5.75 Å². The van der Waals surface area contributed by atoms with E-state index in [2.05, 4.69) is 42.2 Å². The van der Waals surface area contributed by atoms with Gasteiger partial charge in [0.1, 0.15) is 5.75 Å². The van der Waals surface area contributed by atoms with E-state index in [9.17, 15) is 0 Å². The van der Waals surface area contributed by atoms with Crippen LogP contribution in [0, 0.1) is 5.92 Å². The molecule has 1 N–H and O–H groups in total. The van der Waals surface area contributed by atoms with Crippen LogP contribution < -0.4 is 10.1 Å². The number of rotatable bonds is 6. The molecule has 1 unspecified atom stereocenters. The van der Waals surface area contributed by atoms with Crippen LogP contribution >= 0.6 is 11.8 Å². The molecule has 0 bridgehead atoms. The molecule has 1 aromatic carbocycles. The molecule has 1 aromatic rings. The second-order valence-electron chi connectivity index (χ2n) is 5.16. The Morgan fingerprint density at radius 2 is 2.05 bits per heavy atom. The van der Waals surface area contributed by atoms with Crippen LogP contribution in [0.2, 0.25) is 0 Å². The smallest absolute Gasteiger partial charge is 0.124 e. The molecule has 1 fully saturated rings. The van der Waals surface area contributed by atoms with E-state index < -0.39 is 0 Å². The summed E-state index contributed by atoms with van der Waals surface area (Å²) in [5.74, 6) is 4.53. The Balaban J connectivity index is 1.89. The van der Waals surface area contributed by atoms with E-state index in [-0.39, 0.29) is 0 Å². The van der Waals surface area contributed by atoms with Gasteiger partial charge >= 0.3 is 0 Å². The summed E-state index contributed by atoms with van der Waals surface area (Å²) in [7, 11) is 0. The summed E-state index contributed by atoms with van der Waals surface area (Å²) in [6.45, 7) is 6.12. The van der Waals surface area contributed by atoms with E-state index in [0.717, 1.165) is 24.8 Å². The minimum Gasteiger partial charge on any atom is -0.494 e. The highest BCUT2D eigenvalue weighted by atomic mass is 32.2. The van der Waals surface area contributed by atoms with Crippen molar-refractivity contribution in [1.29, 1.82) is 0 Å². The molecule has 0 radical (unpaired) electrons. The summed E-state index contributed by atoms with van der Waals surface area (Å²) in [5, 5.41) is 3.68. The van der Waals surface area contributed by atoms with E-state index in [0.29, 0.717) is 6.04 Å². The van der Waals surface area contributed by atoms with Crippen molar-refractivity contribution in [2.45, 2.75) is 32.7 Å². The summed E-state index contributed by atoms with van der Waals surface area (Å²) in [6, 6.07) is 8.72. The first-order valence-corrected chi connectivity index (χ1v) is 8.49. The van der Waals surface area contributed by atoms with E-state index in [1.165, 1.54) is 29.9 Å². The zero-order chi connectivity index (χ0) is 13.5. The second-order valence-corrected chi connectivity index (χ2v) is 6.38. The fraction of sp³-hybridized carbons (Fsp3) is 0.625. The minimum absolute atomic E-state index is 0.359. The van der Waals surface area contributed by atoms with Crippen molar-refractivity contribution in [2.75, 3.05) is 24.7 Å². The van der Waals surface area contributed by atoms with Crippen LogP contribution in [0.25, 0.3) is 0 Å². The molecular weight excluding hydrogens is 254 g/mol. The number of nitrogens with one attached hydrogen (secondary N) is 1. The standard InChI is InChI=1S/C16H25NOS/c1-3-18-16-7-5-4-6-15(16)13(2)17-12-14-8-10-19-11-9-14/h4-7,13-14,17H,3,8-12H2,1-2H3. The van der Waals surface area contributed by atoms with Crippen molar-refractivity contribution in [2.24, 2.45) is 5.92 Å². The lowest BCUT2D eigenvalue weighted by atomic mass is 10.0. The summed E-state index contributed by atoms with van der Waals surface area (Å²) >= 11 is 2.09. The van der Waals surface area contributed by atoms with Crippen LogP contribution in [-0.2, 0) is 0 Å². The number of hydrogen-bond donors (Lipinski definition) is 1. The molecule has 2 rings (SSSR count). The van der Waals surface area contributed by atoms with Crippen molar-refractivity contribution in [3.8, 4) is 5.75 Å². The van der Waals surface area contributed by atoms with Gasteiger partial charge in [-0.25, -0.2) is 0 Å². The predicted molar refractivity (Wildman–Crippen MR) is 84.1 cm³/mol. The highest BCUT2D eigenvalue weighted by molar-refractivity contribution is 7.99. The van der Waals surface area contributed by atoms with E-state index in [1.54, 1.807) is 0 Å². The average Bonchev–Trinajstić information content (AvgIpc) is 2.47. The Bertz CT molecular complexity index is 377. The van der Waals surface area contributed by atoms with Gasteiger partial charge in [-0.1, -0.05) is 18.2 Å². The zero-order valence-corrected chi connectivity index (χ0v) is 12.8.